The fraction of sp³-hybridized carbons (Fsp3) is 0.167. The summed E-state index contributed by atoms with van der Waals surface area (Å²) in [6, 6.07) is 11.7. The minimum atomic E-state index is -0.759. The molecule has 0 heterocycles. The van der Waals surface area contributed by atoms with Gasteiger partial charge in [0.2, 0.25) is 5.91 Å². The highest BCUT2D eigenvalue weighted by Gasteiger charge is 2.09. The Morgan fingerprint density at radius 2 is 1.62 bits per heavy atom. The topological polar surface area (TPSA) is 93.7 Å². The molecule has 136 valence electrons. The van der Waals surface area contributed by atoms with Gasteiger partial charge in [0.15, 0.2) is 13.2 Å². The first kappa shape index (κ1) is 18.9. The van der Waals surface area contributed by atoms with Crippen molar-refractivity contribution in [3.05, 3.63) is 54.3 Å². The Morgan fingerprint density at radius 3 is 2.23 bits per heavy atom. The standard InChI is InChI=1S/C18H17FN2O5/c1-12(22)20-14-5-7-15(8-6-14)21-17(23)10-26-18(24)11-25-16-4-2-3-13(19)9-16/h2-9H,10-11H2,1H3,(H,20,22)(H,21,23). The lowest BCUT2D eigenvalue weighted by atomic mass is 10.2. The molecule has 0 saturated carbocycles. The molecule has 2 aromatic carbocycles. The molecule has 0 bridgehead atoms. The number of amides is 2. The van der Waals surface area contributed by atoms with Crippen LogP contribution in [0.3, 0.4) is 0 Å². The first-order chi connectivity index (χ1) is 12.4. The van der Waals surface area contributed by atoms with Gasteiger partial charge in [-0.3, -0.25) is 9.59 Å². The maximum absolute atomic E-state index is 13.0. The Bertz CT molecular complexity index is 792. The highest BCUT2D eigenvalue weighted by molar-refractivity contribution is 5.93. The van der Waals surface area contributed by atoms with Crippen molar-refractivity contribution in [3.63, 3.8) is 0 Å². The van der Waals surface area contributed by atoms with Crippen LogP contribution in [0.5, 0.6) is 5.75 Å². The summed E-state index contributed by atoms with van der Waals surface area (Å²) in [5, 5.41) is 5.14. The van der Waals surface area contributed by atoms with Gasteiger partial charge in [0.1, 0.15) is 11.6 Å². The zero-order valence-corrected chi connectivity index (χ0v) is 14.0. The zero-order valence-electron chi connectivity index (χ0n) is 14.0. The van der Waals surface area contributed by atoms with Crippen LogP contribution in [0.1, 0.15) is 6.92 Å². The predicted octanol–water partition coefficient (Wildman–Crippen LogP) is 2.34. The number of anilines is 2. The number of benzene rings is 2. The second-order valence-corrected chi connectivity index (χ2v) is 5.21. The van der Waals surface area contributed by atoms with E-state index in [-0.39, 0.29) is 11.7 Å². The number of nitrogens with one attached hydrogen (secondary N) is 2. The zero-order chi connectivity index (χ0) is 18.9. The number of hydrogen-bond acceptors (Lipinski definition) is 5. The maximum atomic E-state index is 13.0. The quantitative estimate of drug-likeness (QED) is 0.739. The van der Waals surface area contributed by atoms with E-state index in [0.29, 0.717) is 11.4 Å². The third-order valence-corrected chi connectivity index (χ3v) is 3.01. The molecule has 0 saturated heterocycles. The lowest BCUT2D eigenvalue weighted by molar-refractivity contribution is -0.149. The molecule has 26 heavy (non-hydrogen) atoms. The normalized spacial score (nSPS) is 9.92. The first-order valence-corrected chi connectivity index (χ1v) is 7.64. The highest BCUT2D eigenvalue weighted by Crippen LogP contribution is 2.14. The lowest BCUT2D eigenvalue weighted by Gasteiger charge is -2.08. The Balaban J connectivity index is 1.72. The monoisotopic (exact) mass is 360 g/mol. The van der Waals surface area contributed by atoms with Crippen molar-refractivity contribution >= 4 is 29.2 Å². The molecule has 2 aromatic rings. The van der Waals surface area contributed by atoms with Crippen molar-refractivity contribution < 1.29 is 28.2 Å². The third-order valence-electron chi connectivity index (χ3n) is 3.01. The van der Waals surface area contributed by atoms with Gasteiger partial charge in [-0.2, -0.15) is 0 Å². The predicted molar refractivity (Wildman–Crippen MR) is 92.2 cm³/mol. The second-order valence-electron chi connectivity index (χ2n) is 5.21. The van der Waals surface area contributed by atoms with Crippen molar-refractivity contribution in [3.8, 4) is 5.75 Å². The Kier molecular flexibility index (Phi) is 6.67. The summed E-state index contributed by atoms with van der Waals surface area (Å²) in [5.41, 5.74) is 1.08. The molecule has 0 radical (unpaired) electrons. The van der Waals surface area contributed by atoms with Crippen LogP contribution in [0.2, 0.25) is 0 Å². The van der Waals surface area contributed by atoms with Crippen molar-refractivity contribution in [2.75, 3.05) is 23.8 Å². The fourth-order valence-corrected chi connectivity index (χ4v) is 1.92. The molecule has 2 amide bonds. The van der Waals surface area contributed by atoms with Crippen molar-refractivity contribution in [2.45, 2.75) is 6.92 Å². The van der Waals surface area contributed by atoms with Crippen molar-refractivity contribution in [1.82, 2.24) is 0 Å². The van der Waals surface area contributed by atoms with Crippen LogP contribution in [-0.2, 0) is 19.1 Å². The number of rotatable bonds is 7. The third kappa shape index (κ3) is 6.60. The van der Waals surface area contributed by atoms with E-state index in [2.05, 4.69) is 10.6 Å². The minimum Gasteiger partial charge on any atom is -0.482 e. The molecule has 0 aliphatic carbocycles. The Hall–Kier alpha value is -3.42. The number of carbonyl (C=O) groups is 3. The van der Waals surface area contributed by atoms with Gasteiger partial charge in [-0.05, 0) is 36.4 Å². The van der Waals surface area contributed by atoms with E-state index in [9.17, 15) is 18.8 Å². The molecular formula is C18H17FN2O5. The number of carbonyl (C=O) groups excluding carboxylic acids is 3. The molecule has 0 fully saturated rings. The summed E-state index contributed by atoms with van der Waals surface area (Å²) in [7, 11) is 0. The summed E-state index contributed by atoms with van der Waals surface area (Å²) < 4.78 is 22.8. The van der Waals surface area contributed by atoms with Crippen LogP contribution in [-0.4, -0.2) is 31.0 Å². The number of ether oxygens (including phenoxy) is 2. The number of halogens is 1. The van der Waals surface area contributed by atoms with Crippen LogP contribution >= 0.6 is 0 Å². The van der Waals surface area contributed by atoms with Gasteiger partial charge in [0.05, 0.1) is 0 Å². The average molecular weight is 360 g/mol. The van der Waals surface area contributed by atoms with Gasteiger partial charge in [0, 0.05) is 24.4 Å². The van der Waals surface area contributed by atoms with Gasteiger partial charge < -0.3 is 20.1 Å². The molecule has 2 N–H and O–H groups in total. The molecule has 2 rings (SSSR count). The molecule has 0 unspecified atom stereocenters. The highest BCUT2D eigenvalue weighted by atomic mass is 19.1. The number of hydrogen-bond donors (Lipinski definition) is 2. The van der Waals surface area contributed by atoms with Crippen LogP contribution in [0.25, 0.3) is 0 Å². The SMILES string of the molecule is CC(=O)Nc1ccc(NC(=O)COC(=O)COc2cccc(F)c2)cc1. The van der Waals surface area contributed by atoms with E-state index in [1.54, 1.807) is 24.3 Å². The maximum Gasteiger partial charge on any atom is 0.344 e. The van der Waals surface area contributed by atoms with Crippen LogP contribution in [0.4, 0.5) is 15.8 Å². The molecule has 0 aromatic heterocycles. The summed E-state index contributed by atoms with van der Waals surface area (Å²) in [6.07, 6.45) is 0. The smallest absolute Gasteiger partial charge is 0.344 e. The van der Waals surface area contributed by atoms with Crippen LogP contribution in [0, 0.1) is 5.82 Å². The van der Waals surface area contributed by atoms with Gasteiger partial charge in [-0.25, -0.2) is 9.18 Å². The fourth-order valence-electron chi connectivity index (χ4n) is 1.92. The van der Waals surface area contributed by atoms with Gasteiger partial charge >= 0.3 is 5.97 Å². The van der Waals surface area contributed by atoms with Gasteiger partial charge in [-0.1, -0.05) is 6.07 Å². The molecule has 8 heteroatoms. The molecular weight excluding hydrogens is 343 g/mol. The van der Waals surface area contributed by atoms with Crippen LogP contribution in [0.15, 0.2) is 48.5 Å². The van der Waals surface area contributed by atoms with Crippen molar-refractivity contribution in [2.24, 2.45) is 0 Å². The van der Waals surface area contributed by atoms with E-state index in [1.165, 1.54) is 25.1 Å². The van der Waals surface area contributed by atoms with Gasteiger partial charge in [-0.15, -0.1) is 0 Å². The molecule has 0 aliphatic rings. The first-order valence-electron chi connectivity index (χ1n) is 7.64. The lowest BCUT2D eigenvalue weighted by Crippen LogP contribution is -2.23. The summed E-state index contributed by atoms with van der Waals surface area (Å²) in [4.78, 5) is 34.2. The molecule has 0 atom stereocenters. The number of esters is 1. The average Bonchev–Trinajstić information content (AvgIpc) is 2.59. The summed E-state index contributed by atoms with van der Waals surface area (Å²) >= 11 is 0. The van der Waals surface area contributed by atoms with E-state index < -0.39 is 30.9 Å². The van der Waals surface area contributed by atoms with Crippen LogP contribution < -0.4 is 15.4 Å². The molecule has 7 nitrogen and oxygen atoms in total. The van der Waals surface area contributed by atoms with E-state index >= 15 is 0 Å². The Morgan fingerprint density at radius 1 is 0.962 bits per heavy atom. The van der Waals surface area contributed by atoms with E-state index in [0.717, 1.165) is 6.07 Å². The second kappa shape index (κ2) is 9.16. The summed E-state index contributed by atoms with van der Waals surface area (Å²) in [6.45, 7) is 0.461. The van der Waals surface area contributed by atoms with E-state index in [4.69, 9.17) is 9.47 Å². The minimum absolute atomic E-state index is 0.186. The van der Waals surface area contributed by atoms with Gasteiger partial charge in [0.25, 0.3) is 5.91 Å². The largest absolute Gasteiger partial charge is 0.482 e. The van der Waals surface area contributed by atoms with Crippen molar-refractivity contribution in [1.29, 1.82) is 0 Å². The Labute approximate surface area is 149 Å². The van der Waals surface area contributed by atoms with E-state index in [1.807, 2.05) is 0 Å². The molecule has 0 aliphatic heterocycles. The molecule has 0 spiro atoms. The summed E-state index contributed by atoms with van der Waals surface area (Å²) in [5.74, 6) is -1.79.